The number of hydroxylamine groups is 1. The van der Waals surface area contributed by atoms with E-state index in [1.165, 1.54) is 41.5 Å². The first kappa shape index (κ1) is 54.5. The molecule has 2 unspecified atom stereocenters. The normalized spacial score (nSPS) is 16.9. The Bertz CT molecular complexity index is 1630. The van der Waals surface area contributed by atoms with Crippen molar-refractivity contribution in [2.24, 2.45) is 21.7 Å². The monoisotopic (exact) mass is 874 g/mol. The Morgan fingerprint density at radius 2 is 0.774 bits per heavy atom. The second-order valence-corrected chi connectivity index (χ2v) is 17.7. The summed E-state index contributed by atoms with van der Waals surface area (Å²) in [6.07, 6.45) is 0.862. The lowest BCUT2D eigenvalue weighted by molar-refractivity contribution is -0.167. The Kier molecular flexibility index (Phi) is 21.2. The quantitative estimate of drug-likeness (QED) is 0.0360. The topological polar surface area (TPSA) is 217 Å². The van der Waals surface area contributed by atoms with Gasteiger partial charge in [0, 0.05) is 46.0 Å². The Hall–Kier alpha value is -5.55. The van der Waals surface area contributed by atoms with Gasteiger partial charge in [0.05, 0.1) is 12.0 Å². The number of amides is 1. The molecule has 0 saturated heterocycles. The van der Waals surface area contributed by atoms with Crippen LogP contribution in [0.15, 0.2) is 72.9 Å². The maximum Gasteiger partial charge on any atom is 0.407 e. The average molecular weight is 875 g/mol. The van der Waals surface area contributed by atoms with Crippen molar-refractivity contribution in [1.29, 1.82) is 0 Å². The summed E-state index contributed by atoms with van der Waals surface area (Å²) >= 11 is 0. The molecular formula is C45H66N2O15. The predicted octanol–water partition coefficient (Wildman–Crippen LogP) is 5.51. The summed E-state index contributed by atoms with van der Waals surface area (Å²) in [4.78, 5) is 93.9. The summed E-state index contributed by atoms with van der Waals surface area (Å²) in [5.74, 6) is -4.47. The number of hydrogen-bond acceptors (Lipinski definition) is 16. The fourth-order valence-corrected chi connectivity index (χ4v) is 6.28. The highest BCUT2D eigenvalue weighted by Gasteiger charge is 2.44. The largest absolute Gasteiger partial charge is 0.461 e. The number of ether oxygens (including phenoxy) is 7. The molecule has 0 aromatic rings. The van der Waals surface area contributed by atoms with Crippen LogP contribution in [0, 0.1) is 21.7 Å². The first-order chi connectivity index (χ1) is 28.6. The minimum absolute atomic E-state index is 0.0786. The molecule has 0 aliphatic heterocycles. The molecule has 0 spiro atoms. The average Bonchev–Trinajstić information content (AvgIpc) is 3.17. The lowest BCUT2D eigenvalue weighted by atomic mass is 9.62. The minimum atomic E-state index is -1.54. The van der Waals surface area contributed by atoms with Crippen molar-refractivity contribution in [2.75, 3.05) is 59.4 Å². The van der Waals surface area contributed by atoms with Crippen LogP contribution >= 0.6 is 0 Å². The van der Waals surface area contributed by atoms with E-state index in [0.717, 1.165) is 0 Å². The molecule has 1 rings (SSSR count). The zero-order valence-corrected chi connectivity index (χ0v) is 37.9. The van der Waals surface area contributed by atoms with Crippen molar-refractivity contribution in [3.05, 3.63) is 72.9 Å². The molecule has 1 saturated carbocycles. The molecule has 17 nitrogen and oxygen atoms in total. The van der Waals surface area contributed by atoms with Gasteiger partial charge in [0.15, 0.2) is 0 Å². The van der Waals surface area contributed by atoms with Gasteiger partial charge in [-0.2, -0.15) is 0 Å². The van der Waals surface area contributed by atoms with Gasteiger partial charge in [-0.15, -0.1) is 0 Å². The van der Waals surface area contributed by atoms with Crippen molar-refractivity contribution in [1.82, 2.24) is 10.8 Å². The van der Waals surface area contributed by atoms with Crippen molar-refractivity contribution in [2.45, 2.75) is 87.6 Å². The number of carbonyl (C=O) groups excluding carboxylic acids is 7. The van der Waals surface area contributed by atoms with E-state index in [9.17, 15) is 33.6 Å². The Labute approximate surface area is 365 Å². The van der Waals surface area contributed by atoms with Crippen LogP contribution < -0.4 is 10.8 Å². The number of nitrogens with one attached hydrogen (secondary N) is 2. The van der Waals surface area contributed by atoms with Gasteiger partial charge in [0.1, 0.15) is 51.7 Å². The number of alkyl carbamates (subject to hydrolysis) is 1. The molecule has 0 bridgehead atoms. The maximum atomic E-state index is 13.5. The van der Waals surface area contributed by atoms with E-state index in [0.29, 0.717) is 19.3 Å². The standard InChI is InChI=1S/C45H66N2O15/c1-28(2)35(48)55-20-44(21-56-36(49)29(3)4,22-57-37(50)30(5)6)26-61-41(54)47-34-16-42(13,14)18-43(15,17-34)19-46-62-27-45(23-58-38(51)31(7)8,24-59-39(52)32(9)10)25-60-40(53)33(11)12/h34,46H,1,3,5,7,9,11,16-27H2,2,4,6,8,10,12-15H3,(H,47,54). The number of hydrogen-bond donors (Lipinski definition) is 2. The molecule has 0 radical (unpaired) electrons. The summed E-state index contributed by atoms with van der Waals surface area (Å²) in [6.45, 7) is 33.2. The van der Waals surface area contributed by atoms with Crippen molar-refractivity contribution in [3.63, 3.8) is 0 Å². The molecule has 1 aliphatic carbocycles. The van der Waals surface area contributed by atoms with Crippen LogP contribution in [0.2, 0.25) is 0 Å². The minimum Gasteiger partial charge on any atom is -0.461 e. The second-order valence-electron chi connectivity index (χ2n) is 17.7. The number of esters is 6. The lowest BCUT2D eigenvalue weighted by Gasteiger charge is -2.46. The summed E-state index contributed by atoms with van der Waals surface area (Å²) < 4.78 is 38.1. The van der Waals surface area contributed by atoms with Crippen LogP contribution in [0.5, 0.6) is 0 Å². The fraction of sp³-hybridized carbons (Fsp3) is 0.578. The molecule has 62 heavy (non-hydrogen) atoms. The lowest BCUT2D eigenvalue weighted by Crippen LogP contribution is -2.51. The van der Waals surface area contributed by atoms with Crippen LogP contribution in [-0.2, 0) is 66.8 Å². The highest BCUT2D eigenvalue weighted by atomic mass is 16.7. The van der Waals surface area contributed by atoms with E-state index in [-0.39, 0.29) is 71.8 Å². The third-order valence-electron chi connectivity index (χ3n) is 9.40. The molecule has 0 aromatic carbocycles. The maximum absolute atomic E-state index is 13.5. The van der Waals surface area contributed by atoms with Gasteiger partial charge in [-0.3, -0.25) is 0 Å². The van der Waals surface area contributed by atoms with E-state index in [1.54, 1.807) is 0 Å². The molecular weight excluding hydrogens is 808 g/mol. The Morgan fingerprint density at radius 3 is 1.08 bits per heavy atom. The molecule has 2 N–H and O–H groups in total. The second kappa shape index (κ2) is 24.2. The van der Waals surface area contributed by atoms with E-state index in [1.807, 2.05) is 20.8 Å². The summed E-state index contributed by atoms with van der Waals surface area (Å²) in [6, 6.07) is -0.417. The first-order valence-corrected chi connectivity index (χ1v) is 19.8. The van der Waals surface area contributed by atoms with E-state index < -0.39 is 90.6 Å². The van der Waals surface area contributed by atoms with E-state index in [4.69, 9.17) is 38.0 Å². The van der Waals surface area contributed by atoms with Gasteiger partial charge in [-0.25, -0.2) is 39.0 Å². The summed E-state index contributed by atoms with van der Waals surface area (Å²) in [7, 11) is 0. The molecule has 2 atom stereocenters. The van der Waals surface area contributed by atoms with Crippen LogP contribution in [-0.4, -0.2) is 107 Å². The zero-order valence-electron chi connectivity index (χ0n) is 37.9. The Balaban J connectivity index is 3.27. The van der Waals surface area contributed by atoms with E-state index in [2.05, 4.69) is 50.3 Å². The van der Waals surface area contributed by atoms with Crippen molar-refractivity contribution < 1.29 is 71.6 Å². The third kappa shape index (κ3) is 19.4. The van der Waals surface area contributed by atoms with Crippen molar-refractivity contribution in [3.8, 4) is 0 Å². The molecule has 0 heterocycles. The summed E-state index contributed by atoms with van der Waals surface area (Å²) in [5.41, 5.74) is -0.149. The van der Waals surface area contributed by atoms with Crippen LogP contribution in [0.25, 0.3) is 0 Å². The van der Waals surface area contributed by atoms with E-state index >= 15 is 0 Å². The molecule has 17 heteroatoms. The van der Waals surface area contributed by atoms with Gasteiger partial charge < -0.3 is 43.3 Å². The SMILES string of the molecule is C=C(C)C(=O)OCC(CONCC1(C)CC(NC(=O)OCC(COC(=O)C(=C)C)(COC(=O)C(=C)C)COC(=O)C(=C)C)CC(C)(C)C1)(COC(=O)C(=C)C)COC(=O)C(=C)C. The highest BCUT2D eigenvalue weighted by Crippen LogP contribution is 2.46. The molecule has 346 valence electrons. The fourth-order valence-electron chi connectivity index (χ4n) is 6.28. The predicted molar refractivity (Wildman–Crippen MR) is 227 cm³/mol. The van der Waals surface area contributed by atoms with Crippen LogP contribution in [0.4, 0.5) is 4.79 Å². The number of rotatable bonds is 26. The van der Waals surface area contributed by atoms with Crippen LogP contribution in [0.3, 0.4) is 0 Å². The van der Waals surface area contributed by atoms with Gasteiger partial charge >= 0.3 is 41.9 Å². The molecule has 1 aliphatic rings. The van der Waals surface area contributed by atoms with Gasteiger partial charge in [0.25, 0.3) is 0 Å². The summed E-state index contributed by atoms with van der Waals surface area (Å²) in [5, 5.41) is 2.91. The van der Waals surface area contributed by atoms with Gasteiger partial charge in [-0.1, -0.05) is 60.2 Å². The van der Waals surface area contributed by atoms with Crippen LogP contribution in [0.1, 0.15) is 81.6 Å². The van der Waals surface area contributed by atoms with Gasteiger partial charge in [-0.05, 0) is 71.6 Å². The smallest absolute Gasteiger partial charge is 0.407 e. The Morgan fingerprint density at radius 1 is 0.484 bits per heavy atom. The molecule has 1 fully saturated rings. The zero-order chi connectivity index (χ0) is 47.6. The first-order valence-electron chi connectivity index (χ1n) is 19.8. The number of carbonyl (C=O) groups is 7. The third-order valence-corrected chi connectivity index (χ3v) is 9.40. The highest BCUT2D eigenvalue weighted by molar-refractivity contribution is 5.89. The molecule has 1 amide bonds. The van der Waals surface area contributed by atoms with Crippen molar-refractivity contribution >= 4 is 41.9 Å². The molecule has 0 aromatic heterocycles. The van der Waals surface area contributed by atoms with Gasteiger partial charge in [0.2, 0.25) is 0 Å².